The van der Waals surface area contributed by atoms with Gasteiger partial charge in [0.2, 0.25) is 17.5 Å². The Kier molecular flexibility index (Phi) is 6.60. The van der Waals surface area contributed by atoms with Crippen LogP contribution in [0.4, 0.5) is 5.69 Å². The zero-order valence-corrected chi connectivity index (χ0v) is 23.0. The molecular weight excluding hydrogens is 580 g/mol. The van der Waals surface area contributed by atoms with E-state index in [1.54, 1.807) is 12.2 Å². The minimum Gasteiger partial charge on any atom is -0.493 e. The van der Waals surface area contributed by atoms with Gasteiger partial charge in [-0.25, -0.2) is 0 Å². The molecule has 2 aromatic heterocycles. The summed E-state index contributed by atoms with van der Waals surface area (Å²) >= 11 is 0. The van der Waals surface area contributed by atoms with Crippen LogP contribution in [0.5, 0.6) is 11.8 Å². The molecule has 1 fully saturated rings. The lowest BCUT2D eigenvalue weighted by atomic mass is 9.90. The molecule has 15 nitrogen and oxygen atoms in total. The van der Waals surface area contributed by atoms with Crippen molar-refractivity contribution in [2.45, 2.75) is 49.1 Å². The molecule has 10 N–H and O–H groups in total. The second-order valence-electron chi connectivity index (χ2n) is 11.3. The summed E-state index contributed by atoms with van der Waals surface area (Å²) < 4.78 is 6.82. The van der Waals surface area contributed by atoms with E-state index in [0.29, 0.717) is 16.5 Å². The zero-order chi connectivity index (χ0) is 31.2. The van der Waals surface area contributed by atoms with Crippen LogP contribution in [0.1, 0.15) is 21.6 Å². The van der Waals surface area contributed by atoms with E-state index in [-0.39, 0.29) is 45.4 Å². The van der Waals surface area contributed by atoms with Crippen LogP contribution in [-0.4, -0.2) is 125 Å². The lowest BCUT2D eigenvalue weighted by Crippen LogP contribution is -2.65. The number of nitrogens with zero attached hydrogens (tertiary/aromatic N) is 2. The molecule has 232 valence electrons. The molecule has 4 aliphatic rings. The number of nitrogens with one attached hydrogen (secondary N) is 2. The van der Waals surface area contributed by atoms with Crippen LogP contribution < -0.4 is 10.3 Å². The maximum absolute atomic E-state index is 13.6. The van der Waals surface area contributed by atoms with E-state index in [9.17, 15) is 50.4 Å². The average Bonchev–Trinajstić information content (AvgIpc) is 3.64. The van der Waals surface area contributed by atoms with Crippen molar-refractivity contribution in [2.24, 2.45) is 0 Å². The number of carbonyl (C=O) groups is 2. The maximum Gasteiger partial charge on any atom is 0.222 e. The Morgan fingerprint density at radius 1 is 0.977 bits per heavy atom. The number of allylic oxidation sites excluding steroid dienone is 4. The Balaban J connectivity index is 1.60. The van der Waals surface area contributed by atoms with Gasteiger partial charge in [0.1, 0.15) is 30.5 Å². The summed E-state index contributed by atoms with van der Waals surface area (Å²) in [4.78, 5) is 31.1. The number of rotatable bonds is 6. The van der Waals surface area contributed by atoms with Crippen LogP contribution in [0.15, 0.2) is 30.4 Å². The molecule has 44 heavy (non-hydrogen) atoms. The lowest BCUT2D eigenvalue weighted by Gasteiger charge is -2.46. The first-order chi connectivity index (χ1) is 21.1. The number of anilines is 1. The molecule has 0 amide bonds. The average molecular weight is 611 g/mol. The molecule has 0 radical (unpaired) electrons. The van der Waals surface area contributed by atoms with Crippen molar-refractivity contribution in [1.82, 2.24) is 9.66 Å². The van der Waals surface area contributed by atoms with Crippen molar-refractivity contribution in [1.29, 1.82) is 0 Å². The summed E-state index contributed by atoms with van der Waals surface area (Å²) in [7, 11) is 0. The van der Waals surface area contributed by atoms with Crippen LogP contribution in [0.2, 0.25) is 0 Å². The number of ether oxygens (including phenoxy) is 1. The number of hydrogen-bond acceptors (Lipinski definition) is 13. The number of aliphatic hydroxyl groups excluding tert-OH is 6. The highest BCUT2D eigenvalue weighted by Gasteiger charge is 2.53. The summed E-state index contributed by atoms with van der Waals surface area (Å²) in [6.07, 6.45) is -0.321. The number of ketones is 2. The molecule has 2 aliphatic heterocycles. The van der Waals surface area contributed by atoms with E-state index in [1.807, 2.05) is 0 Å². The standard InChI is InChI=1S/C29H30N4O11/c34-7-10(8-35)31-33-27(42)18-16-11-3-1-5-13(37)20(11)30-21(16)23-17(19(18)28(33)43)12-4-2-6-14(38)22(12)32(23)29-26(41)25(40)24(39)15(9-36)44-29/h1-2,4-6,10,15,22,24-26,29-31,34-36,39-43H,3,7-9H2. The second kappa shape index (κ2) is 10.2. The third-order valence-electron chi connectivity index (χ3n) is 8.85. The number of aromatic hydroxyl groups is 2. The number of carbonyl (C=O) groups excluding carboxylic acids is 2. The summed E-state index contributed by atoms with van der Waals surface area (Å²) in [5.41, 5.74) is 4.39. The van der Waals surface area contributed by atoms with Gasteiger partial charge in [0.25, 0.3) is 0 Å². The van der Waals surface area contributed by atoms with Crippen LogP contribution >= 0.6 is 0 Å². The molecule has 6 atom stereocenters. The maximum atomic E-state index is 13.6. The van der Waals surface area contributed by atoms with Crippen molar-refractivity contribution >= 4 is 44.5 Å². The fourth-order valence-electron chi connectivity index (χ4n) is 6.83. The molecule has 7 rings (SSSR count). The number of aromatic amines is 1. The molecule has 6 unspecified atom stereocenters. The van der Waals surface area contributed by atoms with Gasteiger partial charge < -0.3 is 60.9 Å². The number of hydrogen-bond donors (Lipinski definition) is 10. The molecule has 0 bridgehead atoms. The number of fused-ring (bicyclic) bond motifs is 10. The van der Waals surface area contributed by atoms with Crippen LogP contribution in [0.25, 0.3) is 27.2 Å². The molecule has 0 saturated carbocycles. The first-order valence-corrected chi connectivity index (χ1v) is 14.0. The van der Waals surface area contributed by atoms with Gasteiger partial charge in [0.05, 0.1) is 53.5 Å². The first-order valence-electron chi connectivity index (χ1n) is 14.0. The summed E-state index contributed by atoms with van der Waals surface area (Å²) in [6.45, 7) is -1.81. The minimum atomic E-state index is -1.78. The Morgan fingerprint density at radius 3 is 2.41 bits per heavy atom. The lowest BCUT2D eigenvalue weighted by molar-refractivity contribution is -0.229. The molecule has 3 aromatic rings. The van der Waals surface area contributed by atoms with Gasteiger partial charge in [-0.05, 0) is 29.7 Å². The Hall–Kier alpha value is -4.22. The summed E-state index contributed by atoms with van der Waals surface area (Å²) in [6, 6.07) is -2.17. The normalized spacial score (nSPS) is 27.8. The Bertz CT molecular complexity index is 1810. The molecule has 2 aliphatic carbocycles. The van der Waals surface area contributed by atoms with Crippen LogP contribution in [0, 0.1) is 0 Å². The Morgan fingerprint density at radius 2 is 1.70 bits per heavy atom. The van der Waals surface area contributed by atoms with Crippen molar-refractivity contribution in [3.05, 3.63) is 47.2 Å². The Labute approximate surface area is 247 Å². The monoisotopic (exact) mass is 610 g/mol. The quantitative estimate of drug-likeness (QED) is 0.149. The third-order valence-corrected chi connectivity index (χ3v) is 8.85. The van der Waals surface area contributed by atoms with E-state index in [1.165, 1.54) is 23.1 Å². The van der Waals surface area contributed by atoms with Gasteiger partial charge in [-0.3, -0.25) is 9.59 Å². The van der Waals surface area contributed by atoms with E-state index in [4.69, 9.17) is 4.74 Å². The largest absolute Gasteiger partial charge is 0.493 e. The summed E-state index contributed by atoms with van der Waals surface area (Å²) in [5.74, 6) is -1.85. The van der Waals surface area contributed by atoms with Gasteiger partial charge in [-0.2, -0.15) is 4.68 Å². The van der Waals surface area contributed by atoms with E-state index in [0.717, 1.165) is 4.68 Å². The molecule has 0 spiro atoms. The summed E-state index contributed by atoms with van der Waals surface area (Å²) in [5, 5.41) is 85.3. The fourth-order valence-corrected chi connectivity index (χ4v) is 6.83. The molecular formula is C29H30N4O11. The molecule has 1 aromatic carbocycles. The van der Waals surface area contributed by atoms with E-state index >= 15 is 0 Å². The highest BCUT2D eigenvalue weighted by atomic mass is 16.6. The SMILES string of the molecule is O=C1C=CCc2c1[nH]c1c3c(c4c(O)n(NC(CO)CO)c(O)c4c21)C1=CC=CC(=O)C1N3C1OC(CO)C(O)C(O)C1O. The predicted molar refractivity (Wildman–Crippen MR) is 154 cm³/mol. The zero-order valence-electron chi connectivity index (χ0n) is 23.0. The number of benzene rings is 1. The molecule has 1 saturated heterocycles. The van der Waals surface area contributed by atoms with Crippen molar-refractivity contribution < 1.29 is 55.2 Å². The first kappa shape index (κ1) is 28.5. The van der Waals surface area contributed by atoms with Crippen LogP contribution in [-0.2, 0) is 16.0 Å². The molecule has 4 heterocycles. The van der Waals surface area contributed by atoms with E-state index < -0.39 is 80.1 Å². The van der Waals surface area contributed by atoms with Crippen LogP contribution in [0.3, 0.4) is 0 Å². The van der Waals surface area contributed by atoms with Crippen molar-refractivity contribution in [3.8, 4) is 11.8 Å². The highest BCUT2D eigenvalue weighted by Crippen LogP contribution is 2.57. The van der Waals surface area contributed by atoms with Crippen molar-refractivity contribution in [2.75, 3.05) is 30.1 Å². The fraction of sp³-hybridized carbons (Fsp3) is 0.379. The minimum absolute atomic E-state index is 0.0578. The topological polar surface area (TPSA) is 241 Å². The van der Waals surface area contributed by atoms with Gasteiger partial charge in [-0.1, -0.05) is 18.2 Å². The second-order valence-corrected chi connectivity index (χ2v) is 11.3. The number of H-pyrrole nitrogens is 1. The number of aliphatic hydroxyl groups is 6. The predicted octanol–water partition coefficient (Wildman–Crippen LogP) is -1.76. The highest BCUT2D eigenvalue weighted by molar-refractivity contribution is 6.29. The van der Waals surface area contributed by atoms with Gasteiger partial charge in [0.15, 0.2) is 12.0 Å². The van der Waals surface area contributed by atoms with Crippen molar-refractivity contribution in [3.63, 3.8) is 0 Å². The van der Waals surface area contributed by atoms with Gasteiger partial charge >= 0.3 is 0 Å². The smallest absolute Gasteiger partial charge is 0.222 e. The van der Waals surface area contributed by atoms with E-state index in [2.05, 4.69) is 10.4 Å². The number of aromatic nitrogens is 2. The van der Waals surface area contributed by atoms with Gasteiger partial charge in [-0.15, -0.1) is 0 Å². The van der Waals surface area contributed by atoms with Gasteiger partial charge in [0, 0.05) is 10.9 Å². The molecule has 15 heteroatoms. The third kappa shape index (κ3) is 3.68.